The number of nitrogens with zero attached hydrogens (tertiary/aromatic N) is 4. The van der Waals surface area contributed by atoms with Gasteiger partial charge in [-0.05, 0) is 6.07 Å². The van der Waals surface area contributed by atoms with Crippen LogP contribution in [0.15, 0.2) is 12.3 Å². The topological polar surface area (TPSA) is 58.6 Å². The molecule has 0 aliphatic carbocycles. The van der Waals surface area contributed by atoms with Crippen LogP contribution < -0.4 is 4.90 Å². The second-order valence-corrected chi connectivity index (χ2v) is 8.46. The molecule has 0 radical (unpaired) electrons. The van der Waals surface area contributed by atoms with Crippen molar-refractivity contribution in [3.05, 3.63) is 18.1 Å². The van der Waals surface area contributed by atoms with Crippen LogP contribution in [0.5, 0.6) is 0 Å². The van der Waals surface area contributed by atoms with Crippen LogP contribution in [0.3, 0.4) is 0 Å². The quantitative estimate of drug-likeness (QED) is 0.807. The Morgan fingerprint density at radius 3 is 2.75 bits per heavy atom. The summed E-state index contributed by atoms with van der Waals surface area (Å²) in [4.78, 5) is 25.9. The molecule has 1 atom stereocenters. The average Bonchev–Trinajstić information content (AvgIpc) is 2.61. The second-order valence-electron chi connectivity index (χ2n) is 7.23. The molecule has 0 N–H and O–H groups in total. The largest absolute Gasteiger partial charge is 0.365 e. The zero-order chi connectivity index (χ0) is 17.2. The molecule has 2 saturated heterocycles. The molecule has 3 rings (SSSR count). The molecule has 2 fully saturated rings. The molecule has 0 spiro atoms. The fourth-order valence-electron chi connectivity index (χ4n) is 2.88. The number of ether oxygens (including phenoxy) is 1. The van der Waals surface area contributed by atoms with E-state index in [9.17, 15) is 4.79 Å². The van der Waals surface area contributed by atoms with Crippen molar-refractivity contribution >= 4 is 23.5 Å². The second kappa shape index (κ2) is 7.27. The SMILES string of the molecule is CC(C)(C)c1nccc(N2CCOC(C(=O)N3CCSCC3)C2)n1. The standard InChI is InChI=1S/C17H26N4O2S/c1-17(2,3)16-18-5-4-14(19-16)21-6-9-23-13(12-21)15(22)20-7-10-24-11-8-20/h4-5,13H,6-12H2,1-3H3. The fourth-order valence-corrected chi connectivity index (χ4v) is 3.78. The predicted octanol–water partition coefficient (Wildman–Crippen LogP) is 1.55. The van der Waals surface area contributed by atoms with Crippen LogP contribution in [0.2, 0.25) is 0 Å². The summed E-state index contributed by atoms with van der Waals surface area (Å²) in [5.74, 6) is 3.85. The lowest BCUT2D eigenvalue weighted by atomic mass is 9.96. The van der Waals surface area contributed by atoms with E-state index in [4.69, 9.17) is 9.72 Å². The van der Waals surface area contributed by atoms with E-state index in [1.165, 1.54) is 0 Å². The van der Waals surface area contributed by atoms with Gasteiger partial charge in [0.2, 0.25) is 0 Å². The third-order valence-corrected chi connectivity index (χ3v) is 5.24. The number of aromatic nitrogens is 2. The molecule has 2 aliphatic heterocycles. The predicted molar refractivity (Wildman–Crippen MR) is 96.6 cm³/mol. The fraction of sp³-hybridized carbons (Fsp3) is 0.706. The summed E-state index contributed by atoms with van der Waals surface area (Å²) in [5.41, 5.74) is -0.0943. The summed E-state index contributed by atoms with van der Waals surface area (Å²) in [6, 6.07) is 1.92. The maximum Gasteiger partial charge on any atom is 0.253 e. The number of carbonyl (C=O) groups excluding carboxylic acids is 1. The zero-order valence-electron chi connectivity index (χ0n) is 14.7. The van der Waals surface area contributed by atoms with Gasteiger partial charge in [-0.2, -0.15) is 11.8 Å². The Labute approximate surface area is 148 Å². The number of thioether (sulfide) groups is 1. The average molecular weight is 350 g/mol. The van der Waals surface area contributed by atoms with Gasteiger partial charge in [-0.15, -0.1) is 0 Å². The van der Waals surface area contributed by atoms with Gasteiger partial charge in [0.1, 0.15) is 11.6 Å². The van der Waals surface area contributed by atoms with Gasteiger partial charge in [0.25, 0.3) is 5.91 Å². The lowest BCUT2D eigenvalue weighted by molar-refractivity contribution is -0.144. The van der Waals surface area contributed by atoms with Gasteiger partial charge in [0.05, 0.1) is 13.2 Å². The number of morpholine rings is 1. The molecule has 1 amide bonds. The molecule has 0 aromatic carbocycles. The van der Waals surface area contributed by atoms with Crippen molar-refractivity contribution in [2.24, 2.45) is 0 Å². The Bertz CT molecular complexity index is 584. The van der Waals surface area contributed by atoms with E-state index in [1.807, 2.05) is 22.7 Å². The Morgan fingerprint density at radius 2 is 2.04 bits per heavy atom. The highest BCUT2D eigenvalue weighted by Crippen LogP contribution is 2.22. The Kier molecular flexibility index (Phi) is 5.30. The molecule has 3 heterocycles. The van der Waals surface area contributed by atoms with Gasteiger partial charge in [-0.25, -0.2) is 9.97 Å². The van der Waals surface area contributed by atoms with Gasteiger partial charge in [-0.3, -0.25) is 4.79 Å². The van der Waals surface area contributed by atoms with Gasteiger partial charge in [0.15, 0.2) is 6.10 Å². The number of carbonyl (C=O) groups is 1. The Morgan fingerprint density at radius 1 is 1.29 bits per heavy atom. The molecule has 0 bridgehead atoms. The molecular formula is C17H26N4O2S. The van der Waals surface area contributed by atoms with Crippen molar-refractivity contribution in [2.75, 3.05) is 49.2 Å². The van der Waals surface area contributed by atoms with Crippen LogP contribution in [-0.2, 0) is 14.9 Å². The number of hydrogen-bond donors (Lipinski definition) is 0. The van der Waals surface area contributed by atoms with E-state index in [0.717, 1.165) is 42.8 Å². The van der Waals surface area contributed by atoms with E-state index in [2.05, 4.69) is 30.7 Å². The maximum atomic E-state index is 12.7. The van der Waals surface area contributed by atoms with Gasteiger partial charge in [0, 0.05) is 42.8 Å². The van der Waals surface area contributed by atoms with Crippen LogP contribution in [0.25, 0.3) is 0 Å². The number of hydrogen-bond acceptors (Lipinski definition) is 6. The summed E-state index contributed by atoms with van der Waals surface area (Å²) in [6.07, 6.45) is 1.41. The van der Waals surface area contributed by atoms with Gasteiger partial charge < -0.3 is 14.5 Å². The van der Waals surface area contributed by atoms with Crippen molar-refractivity contribution in [3.8, 4) is 0 Å². The van der Waals surface area contributed by atoms with Crippen molar-refractivity contribution in [3.63, 3.8) is 0 Å². The molecule has 24 heavy (non-hydrogen) atoms. The summed E-state index contributed by atoms with van der Waals surface area (Å²) >= 11 is 1.90. The van der Waals surface area contributed by atoms with Gasteiger partial charge >= 0.3 is 0 Å². The van der Waals surface area contributed by atoms with Crippen LogP contribution in [0.4, 0.5) is 5.82 Å². The molecule has 2 aliphatic rings. The first-order valence-corrected chi connectivity index (χ1v) is 9.67. The van der Waals surface area contributed by atoms with E-state index < -0.39 is 6.10 Å². The molecular weight excluding hydrogens is 324 g/mol. The van der Waals surface area contributed by atoms with Crippen LogP contribution in [0, 0.1) is 0 Å². The Hall–Kier alpha value is -1.34. The smallest absolute Gasteiger partial charge is 0.253 e. The number of rotatable bonds is 2. The van der Waals surface area contributed by atoms with Crippen LogP contribution in [0.1, 0.15) is 26.6 Å². The number of amides is 1. The summed E-state index contributed by atoms with van der Waals surface area (Å²) in [7, 11) is 0. The van der Waals surface area contributed by atoms with E-state index in [1.54, 1.807) is 6.20 Å². The lowest BCUT2D eigenvalue weighted by Crippen LogP contribution is -2.53. The third kappa shape index (κ3) is 4.00. The highest BCUT2D eigenvalue weighted by Gasteiger charge is 2.31. The maximum absolute atomic E-state index is 12.7. The van der Waals surface area contributed by atoms with E-state index >= 15 is 0 Å². The third-order valence-electron chi connectivity index (χ3n) is 4.30. The minimum Gasteiger partial charge on any atom is -0.365 e. The lowest BCUT2D eigenvalue weighted by Gasteiger charge is -2.36. The van der Waals surface area contributed by atoms with Crippen LogP contribution in [-0.4, -0.2) is 71.2 Å². The monoisotopic (exact) mass is 350 g/mol. The molecule has 6 nitrogen and oxygen atoms in total. The minimum absolute atomic E-state index is 0.0943. The summed E-state index contributed by atoms with van der Waals surface area (Å²) in [5, 5.41) is 0. The van der Waals surface area contributed by atoms with Crippen molar-refractivity contribution in [1.29, 1.82) is 0 Å². The molecule has 1 unspecified atom stereocenters. The zero-order valence-corrected chi connectivity index (χ0v) is 15.5. The Balaban J connectivity index is 1.70. The molecule has 1 aromatic heterocycles. The van der Waals surface area contributed by atoms with Crippen molar-refractivity contribution in [1.82, 2.24) is 14.9 Å². The van der Waals surface area contributed by atoms with Gasteiger partial charge in [-0.1, -0.05) is 20.8 Å². The normalized spacial score (nSPS) is 22.5. The molecule has 0 saturated carbocycles. The summed E-state index contributed by atoms with van der Waals surface area (Å²) < 4.78 is 5.76. The first kappa shape index (κ1) is 17.5. The first-order valence-electron chi connectivity index (χ1n) is 8.52. The first-order chi connectivity index (χ1) is 11.4. The molecule has 7 heteroatoms. The van der Waals surface area contributed by atoms with Crippen molar-refractivity contribution < 1.29 is 9.53 Å². The highest BCUT2D eigenvalue weighted by atomic mass is 32.2. The van der Waals surface area contributed by atoms with Crippen LogP contribution >= 0.6 is 11.8 Å². The van der Waals surface area contributed by atoms with E-state index in [0.29, 0.717) is 13.2 Å². The molecule has 132 valence electrons. The van der Waals surface area contributed by atoms with E-state index in [-0.39, 0.29) is 11.3 Å². The minimum atomic E-state index is -0.394. The molecule has 1 aromatic rings. The highest BCUT2D eigenvalue weighted by molar-refractivity contribution is 7.99. The van der Waals surface area contributed by atoms with Crippen molar-refractivity contribution in [2.45, 2.75) is 32.3 Å². The number of anilines is 1. The summed E-state index contributed by atoms with van der Waals surface area (Å²) in [6.45, 7) is 9.82.